The van der Waals surface area contributed by atoms with Crippen LogP contribution < -0.4 is 0 Å². The Morgan fingerprint density at radius 3 is 1.88 bits per heavy atom. The Bertz CT molecular complexity index is 423. The van der Waals surface area contributed by atoms with Gasteiger partial charge >= 0.3 is 12.4 Å². The number of hydrogen-bond donors (Lipinski definition) is 0. The van der Waals surface area contributed by atoms with Crippen LogP contribution in [0.2, 0.25) is 0 Å². The summed E-state index contributed by atoms with van der Waals surface area (Å²) in [6.07, 6.45) is -9.71. The maximum atomic E-state index is 12.6. The van der Waals surface area contributed by atoms with Crippen molar-refractivity contribution in [3.05, 3.63) is 32.4 Å². The van der Waals surface area contributed by atoms with Crippen molar-refractivity contribution in [1.29, 1.82) is 0 Å². The third kappa shape index (κ3) is 3.18. The van der Waals surface area contributed by atoms with Gasteiger partial charge in [0.25, 0.3) is 0 Å². The first kappa shape index (κ1) is 14.9. The lowest BCUT2D eigenvalue weighted by Crippen LogP contribution is -2.17. The largest absolute Gasteiger partial charge is 0.417 e. The average Bonchev–Trinajstić information content (AvgIpc) is 2.12. The monoisotopic (exact) mass is 388 g/mol. The molecule has 0 aromatic heterocycles. The molecule has 0 amide bonds. The van der Waals surface area contributed by atoms with E-state index in [2.05, 4.69) is 0 Å². The summed E-state index contributed by atoms with van der Waals surface area (Å²) in [6, 6.07) is 1.39. The molecule has 0 N–H and O–H groups in total. The molecule has 0 aliphatic rings. The molecule has 96 valence electrons. The molecule has 0 heterocycles. The topological polar surface area (TPSA) is 0 Å². The predicted octanol–water partition coefficient (Wildman–Crippen LogP) is 5.07. The van der Waals surface area contributed by atoms with Crippen molar-refractivity contribution >= 4 is 34.2 Å². The molecule has 1 rings (SSSR count). The number of hydrogen-bond acceptors (Lipinski definition) is 0. The zero-order valence-corrected chi connectivity index (χ0v) is 10.8. The summed E-state index contributed by atoms with van der Waals surface area (Å²) >= 11 is 6.55. The van der Waals surface area contributed by atoms with Crippen LogP contribution >= 0.6 is 34.2 Å². The van der Waals surface area contributed by atoms with Gasteiger partial charge in [-0.15, -0.1) is 11.6 Å². The van der Waals surface area contributed by atoms with Crippen LogP contribution in [0.5, 0.6) is 0 Å². The molecule has 1 aromatic carbocycles. The van der Waals surface area contributed by atoms with Crippen LogP contribution in [0.3, 0.4) is 0 Å². The van der Waals surface area contributed by atoms with Crippen LogP contribution in [0, 0.1) is 3.57 Å². The summed E-state index contributed by atoms with van der Waals surface area (Å²) in [5.74, 6) is -0.847. The summed E-state index contributed by atoms with van der Waals surface area (Å²) in [6.45, 7) is 0. The Hall–Kier alpha value is -0.180. The fourth-order valence-electron chi connectivity index (χ4n) is 1.33. The van der Waals surface area contributed by atoms with Crippen LogP contribution in [-0.4, -0.2) is 0 Å². The first-order valence-corrected chi connectivity index (χ1v) is 5.72. The number of halogens is 8. The lowest BCUT2D eigenvalue weighted by Gasteiger charge is -2.18. The van der Waals surface area contributed by atoms with Crippen molar-refractivity contribution in [2.75, 3.05) is 0 Å². The first-order chi connectivity index (χ1) is 7.59. The lowest BCUT2D eigenvalue weighted by atomic mass is 10.0. The van der Waals surface area contributed by atoms with E-state index in [4.69, 9.17) is 11.6 Å². The molecule has 0 bridgehead atoms. The van der Waals surface area contributed by atoms with Gasteiger partial charge in [-0.3, -0.25) is 0 Å². The summed E-state index contributed by atoms with van der Waals surface area (Å²) in [5, 5.41) is 0. The van der Waals surface area contributed by atoms with Crippen LogP contribution in [0.4, 0.5) is 26.3 Å². The fraction of sp³-hybridized carbons (Fsp3) is 0.333. The van der Waals surface area contributed by atoms with Crippen molar-refractivity contribution in [3.8, 4) is 0 Å². The molecular weight excluding hydrogens is 384 g/mol. The van der Waals surface area contributed by atoms with Gasteiger partial charge in [-0.1, -0.05) is 0 Å². The van der Waals surface area contributed by atoms with Crippen LogP contribution in [0.15, 0.2) is 12.1 Å². The summed E-state index contributed by atoms with van der Waals surface area (Å²) in [4.78, 5) is 0. The van der Waals surface area contributed by atoms with E-state index in [0.717, 1.165) is 6.07 Å². The van der Waals surface area contributed by atoms with Crippen molar-refractivity contribution in [2.45, 2.75) is 18.2 Å². The molecule has 0 unspecified atom stereocenters. The van der Waals surface area contributed by atoms with E-state index >= 15 is 0 Å². The smallest absolute Gasteiger partial charge is 0.166 e. The van der Waals surface area contributed by atoms with E-state index < -0.39 is 34.9 Å². The molecule has 0 spiro atoms. The van der Waals surface area contributed by atoms with Crippen molar-refractivity contribution in [1.82, 2.24) is 0 Å². The number of alkyl halides is 7. The van der Waals surface area contributed by atoms with E-state index in [-0.39, 0.29) is 3.57 Å². The first-order valence-electron chi connectivity index (χ1n) is 4.10. The molecule has 8 heteroatoms. The lowest BCUT2D eigenvalue weighted by molar-refractivity contribution is -0.144. The van der Waals surface area contributed by atoms with Crippen molar-refractivity contribution < 1.29 is 26.3 Å². The maximum absolute atomic E-state index is 12.6. The standard InChI is InChI=1S/C9H4ClF6I/c10-3-4-5(8(11,12)13)1-2-6(17)7(4)9(14,15)16/h1-2H,3H2. The summed E-state index contributed by atoms with van der Waals surface area (Å²) < 4.78 is 75.1. The van der Waals surface area contributed by atoms with Gasteiger partial charge in [0.2, 0.25) is 0 Å². The summed E-state index contributed by atoms with van der Waals surface area (Å²) in [5.41, 5.74) is -3.60. The van der Waals surface area contributed by atoms with Gasteiger partial charge in [0.05, 0.1) is 11.1 Å². The number of rotatable bonds is 1. The van der Waals surface area contributed by atoms with Gasteiger partial charge in [0.1, 0.15) is 0 Å². The molecular formula is C9H4ClF6I. The Labute approximate surface area is 111 Å². The Balaban J connectivity index is 3.60. The number of benzene rings is 1. The second-order valence-corrected chi connectivity index (χ2v) is 4.51. The highest BCUT2D eigenvalue weighted by atomic mass is 127. The molecule has 0 atom stereocenters. The molecule has 17 heavy (non-hydrogen) atoms. The second kappa shape index (κ2) is 4.83. The Kier molecular flexibility index (Phi) is 4.23. The van der Waals surface area contributed by atoms with Gasteiger partial charge < -0.3 is 0 Å². The minimum Gasteiger partial charge on any atom is -0.166 e. The third-order valence-corrected chi connectivity index (χ3v) is 3.15. The van der Waals surface area contributed by atoms with Crippen LogP contribution in [0.25, 0.3) is 0 Å². The minimum atomic E-state index is -4.86. The highest BCUT2D eigenvalue weighted by Gasteiger charge is 2.41. The molecule has 0 nitrogen and oxygen atoms in total. The Morgan fingerprint density at radius 2 is 1.53 bits per heavy atom. The van der Waals surface area contributed by atoms with E-state index in [1.165, 1.54) is 22.6 Å². The molecule has 0 aliphatic carbocycles. The fourth-order valence-corrected chi connectivity index (χ4v) is 2.42. The SMILES string of the molecule is FC(F)(F)c1ccc(I)c(C(F)(F)F)c1CCl. The quantitative estimate of drug-likeness (QED) is 0.358. The maximum Gasteiger partial charge on any atom is 0.417 e. The highest BCUT2D eigenvalue weighted by molar-refractivity contribution is 14.1. The molecule has 0 fully saturated rings. The molecule has 0 saturated heterocycles. The second-order valence-electron chi connectivity index (χ2n) is 3.08. The molecule has 0 saturated carbocycles. The third-order valence-electron chi connectivity index (χ3n) is 1.98. The molecule has 0 aliphatic heterocycles. The Morgan fingerprint density at radius 1 is 1.00 bits per heavy atom. The highest BCUT2D eigenvalue weighted by Crippen LogP contribution is 2.42. The molecule has 0 radical (unpaired) electrons. The van der Waals surface area contributed by atoms with Crippen molar-refractivity contribution in [2.24, 2.45) is 0 Å². The average molecular weight is 388 g/mol. The van der Waals surface area contributed by atoms with Crippen LogP contribution in [0.1, 0.15) is 16.7 Å². The zero-order valence-electron chi connectivity index (χ0n) is 7.89. The predicted molar refractivity (Wildman–Crippen MR) is 58.7 cm³/mol. The zero-order chi connectivity index (χ0) is 13.4. The summed E-state index contributed by atoms with van der Waals surface area (Å²) in [7, 11) is 0. The van der Waals surface area contributed by atoms with Gasteiger partial charge in [-0.2, -0.15) is 26.3 Å². The van der Waals surface area contributed by atoms with Gasteiger partial charge in [-0.25, -0.2) is 0 Å². The van der Waals surface area contributed by atoms with Crippen LogP contribution in [-0.2, 0) is 18.2 Å². The van der Waals surface area contributed by atoms with Gasteiger partial charge in [0.15, 0.2) is 0 Å². The minimum absolute atomic E-state index is 0.307. The van der Waals surface area contributed by atoms with Gasteiger partial charge in [-0.05, 0) is 40.3 Å². The van der Waals surface area contributed by atoms with E-state index in [9.17, 15) is 26.3 Å². The van der Waals surface area contributed by atoms with E-state index in [1.807, 2.05) is 0 Å². The van der Waals surface area contributed by atoms with Crippen molar-refractivity contribution in [3.63, 3.8) is 0 Å². The van der Waals surface area contributed by atoms with Gasteiger partial charge in [0, 0.05) is 9.45 Å². The van der Waals surface area contributed by atoms with E-state index in [0.29, 0.717) is 6.07 Å². The van der Waals surface area contributed by atoms with E-state index in [1.54, 1.807) is 0 Å². The molecule has 1 aromatic rings. The normalized spacial score (nSPS) is 12.9.